The Kier molecular flexibility index (Phi) is 4.96. The van der Waals surface area contributed by atoms with E-state index in [1.165, 1.54) is 6.33 Å². The van der Waals surface area contributed by atoms with Crippen LogP contribution in [0.5, 0.6) is 0 Å². The van der Waals surface area contributed by atoms with Gasteiger partial charge in [0, 0.05) is 6.04 Å². The largest absolute Gasteiger partial charge is 1.00 e. The van der Waals surface area contributed by atoms with Crippen molar-refractivity contribution in [3.63, 3.8) is 0 Å². The van der Waals surface area contributed by atoms with E-state index in [0.29, 0.717) is 6.04 Å². The Morgan fingerprint density at radius 3 is 2.44 bits per heavy atom. The molecule has 9 heavy (non-hydrogen) atoms. The molecule has 1 aromatic heterocycles. The Labute approximate surface area is 97.3 Å². The first-order chi connectivity index (χ1) is 3.80. The van der Waals surface area contributed by atoms with E-state index in [2.05, 4.69) is 16.4 Å². The molecule has 1 aromatic rings. The summed E-state index contributed by atoms with van der Waals surface area (Å²) in [4.78, 5) is 3.67. The molecule has 0 aromatic carbocycles. The molecule has 0 aliphatic rings. The van der Waals surface area contributed by atoms with E-state index in [0.717, 1.165) is 0 Å². The van der Waals surface area contributed by atoms with Crippen LogP contribution >= 0.6 is 0 Å². The summed E-state index contributed by atoms with van der Waals surface area (Å²) in [5.41, 5.74) is 0. The number of hydrogen-bond acceptors (Lipinski definition) is 2. The number of aromatic nitrogens is 3. The van der Waals surface area contributed by atoms with Gasteiger partial charge in [0.2, 0.25) is 0 Å². The molecule has 1 heterocycles. The zero-order chi connectivity index (χ0) is 5.98. The van der Waals surface area contributed by atoms with Gasteiger partial charge in [-0.25, -0.2) is 0 Å². The maximum atomic E-state index is 3.87. The van der Waals surface area contributed by atoms with Crippen LogP contribution < -0.4 is 51.4 Å². The first kappa shape index (κ1) is 9.78. The third-order valence-electron chi connectivity index (χ3n) is 0.883. The summed E-state index contributed by atoms with van der Waals surface area (Å²) in [6.45, 7) is 4.07. The Morgan fingerprint density at radius 2 is 2.22 bits per heavy atom. The van der Waals surface area contributed by atoms with Crippen LogP contribution in [0.4, 0.5) is 0 Å². The molecule has 0 unspecified atom stereocenters. The topological polar surface area (TPSA) is 30.7 Å². The van der Waals surface area contributed by atoms with Gasteiger partial charge in [-0.2, -0.15) is 0 Å². The van der Waals surface area contributed by atoms with Gasteiger partial charge in [-0.3, -0.25) is 5.10 Å². The van der Waals surface area contributed by atoms with Crippen LogP contribution in [0.25, 0.3) is 0 Å². The smallest absolute Gasteiger partial charge is 0.421 e. The second-order valence-electron chi connectivity index (χ2n) is 1.90. The fourth-order valence-electron chi connectivity index (χ4n) is 0.441. The van der Waals surface area contributed by atoms with Crippen molar-refractivity contribution in [2.24, 2.45) is 0 Å². The molecular formula is C5H8KN3. The standard InChI is InChI=1S/C5H8N3.K/c1-5(2)8-4-6-3-7-8;/h3,5H,1-2H3;/q-1;+1. The number of rotatable bonds is 1. The van der Waals surface area contributed by atoms with Gasteiger partial charge in [0.15, 0.2) is 0 Å². The van der Waals surface area contributed by atoms with Crippen LogP contribution in [0.1, 0.15) is 19.9 Å². The van der Waals surface area contributed by atoms with Crippen molar-refractivity contribution in [3.8, 4) is 0 Å². The quantitative estimate of drug-likeness (QED) is 0.331. The summed E-state index contributed by atoms with van der Waals surface area (Å²) in [7, 11) is 0. The average Bonchev–Trinajstić information content (AvgIpc) is 2.12. The molecule has 1 rings (SSSR count). The van der Waals surface area contributed by atoms with Gasteiger partial charge in [0.1, 0.15) is 0 Å². The molecule has 4 heteroatoms. The van der Waals surface area contributed by atoms with Crippen LogP contribution in [-0.2, 0) is 0 Å². The molecule has 0 saturated carbocycles. The van der Waals surface area contributed by atoms with Gasteiger partial charge in [-0.15, -0.1) is 0 Å². The SMILES string of the molecule is CC(C)n1[c-]ncn1.[K+]. The summed E-state index contributed by atoms with van der Waals surface area (Å²) in [5, 5.41) is 3.87. The summed E-state index contributed by atoms with van der Waals surface area (Å²) in [6, 6.07) is 0.373. The van der Waals surface area contributed by atoms with E-state index < -0.39 is 0 Å². The molecule has 0 radical (unpaired) electrons. The van der Waals surface area contributed by atoms with Crippen LogP contribution in [-0.4, -0.2) is 14.8 Å². The zero-order valence-corrected chi connectivity index (χ0v) is 9.12. The van der Waals surface area contributed by atoms with Crippen molar-refractivity contribution in [2.75, 3.05) is 0 Å². The van der Waals surface area contributed by atoms with Gasteiger partial charge < -0.3 is 9.67 Å². The van der Waals surface area contributed by atoms with Gasteiger partial charge >= 0.3 is 51.4 Å². The van der Waals surface area contributed by atoms with E-state index in [-0.39, 0.29) is 51.4 Å². The molecule has 0 aliphatic carbocycles. The zero-order valence-electron chi connectivity index (χ0n) is 6.00. The van der Waals surface area contributed by atoms with Crippen molar-refractivity contribution in [1.29, 1.82) is 0 Å². The molecule has 0 bridgehead atoms. The van der Waals surface area contributed by atoms with Crippen LogP contribution in [0.3, 0.4) is 0 Å². The Bertz CT molecular complexity index is 147. The normalized spacial score (nSPS) is 9.22. The minimum Gasteiger partial charge on any atom is -0.421 e. The maximum absolute atomic E-state index is 3.87. The molecule has 0 amide bonds. The molecule has 44 valence electrons. The number of hydrogen-bond donors (Lipinski definition) is 0. The predicted octanol–water partition coefficient (Wildman–Crippen LogP) is -2.34. The maximum Gasteiger partial charge on any atom is 1.00 e. The van der Waals surface area contributed by atoms with Gasteiger partial charge in [0.25, 0.3) is 0 Å². The third kappa shape index (κ3) is 2.91. The molecule has 3 nitrogen and oxygen atoms in total. The second kappa shape index (κ2) is 4.57. The fourth-order valence-corrected chi connectivity index (χ4v) is 0.441. The Balaban J connectivity index is 0.000000640. The van der Waals surface area contributed by atoms with E-state index in [1.54, 1.807) is 4.68 Å². The van der Waals surface area contributed by atoms with Crippen molar-refractivity contribution < 1.29 is 51.4 Å². The molecule has 0 fully saturated rings. The predicted molar refractivity (Wildman–Crippen MR) is 29.2 cm³/mol. The molecule has 0 spiro atoms. The molecule has 0 atom stereocenters. The van der Waals surface area contributed by atoms with Gasteiger partial charge in [-0.1, -0.05) is 0 Å². The van der Waals surface area contributed by atoms with Crippen molar-refractivity contribution in [1.82, 2.24) is 14.8 Å². The molecule has 0 aliphatic heterocycles. The average molecular weight is 149 g/mol. The Hall–Kier alpha value is 0.776. The van der Waals surface area contributed by atoms with Crippen LogP contribution in [0, 0.1) is 6.33 Å². The van der Waals surface area contributed by atoms with Crippen molar-refractivity contribution in [2.45, 2.75) is 19.9 Å². The fraction of sp³-hybridized carbons (Fsp3) is 0.600. The van der Waals surface area contributed by atoms with Crippen LogP contribution in [0.2, 0.25) is 0 Å². The minimum absolute atomic E-state index is 0. The molecule has 0 saturated heterocycles. The summed E-state index contributed by atoms with van der Waals surface area (Å²) in [5.74, 6) is 0. The summed E-state index contributed by atoms with van der Waals surface area (Å²) < 4.78 is 1.68. The van der Waals surface area contributed by atoms with Crippen molar-refractivity contribution >= 4 is 0 Å². The first-order valence-corrected chi connectivity index (χ1v) is 2.58. The van der Waals surface area contributed by atoms with E-state index >= 15 is 0 Å². The number of nitrogens with zero attached hydrogens (tertiary/aromatic N) is 3. The molecular weight excluding hydrogens is 141 g/mol. The van der Waals surface area contributed by atoms with E-state index in [4.69, 9.17) is 0 Å². The molecule has 0 N–H and O–H groups in total. The third-order valence-corrected chi connectivity index (χ3v) is 0.883. The first-order valence-electron chi connectivity index (χ1n) is 2.58. The second-order valence-corrected chi connectivity index (χ2v) is 1.90. The van der Waals surface area contributed by atoms with Gasteiger partial charge in [0.05, 0.1) is 0 Å². The van der Waals surface area contributed by atoms with Gasteiger partial charge in [-0.05, 0) is 26.5 Å². The van der Waals surface area contributed by atoms with Crippen LogP contribution in [0.15, 0.2) is 6.33 Å². The monoisotopic (exact) mass is 149 g/mol. The summed E-state index contributed by atoms with van der Waals surface area (Å²) in [6.07, 6.45) is 4.18. The van der Waals surface area contributed by atoms with E-state index in [1.807, 2.05) is 13.8 Å². The summed E-state index contributed by atoms with van der Waals surface area (Å²) >= 11 is 0. The minimum atomic E-state index is 0. The Morgan fingerprint density at radius 1 is 1.56 bits per heavy atom. The van der Waals surface area contributed by atoms with Crippen molar-refractivity contribution in [3.05, 3.63) is 12.7 Å². The van der Waals surface area contributed by atoms with E-state index in [9.17, 15) is 0 Å².